The van der Waals surface area contributed by atoms with E-state index in [0.29, 0.717) is 22.0 Å². The Morgan fingerprint density at radius 2 is 1.67 bits per heavy atom. The molecule has 4 aliphatic heterocycles. The minimum Gasteiger partial charge on any atom is -0.315 e. The van der Waals surface area contributed by atoms with Crippen LogP contribution >= 0.6 is 0 Å². The number of hydrogen-bond donors (Lipinski definition) is 2. The molecule has 0 aromatic heterocycles. The summed E-state index contributed by atoms with van der Waals surface area (Å²) < 4.78 is 0. The monoisotopic (exact) mass is 408 g/mol. The fourth-order valence-electron chi connectivity index (χ4n) is 6.43. The first-order valence-electron chi connectivity index (χ1n) is 10.7. The van der Waals surface area contributed by atoms with E-state index in [1.54, 1.807) is 6.07 Å². The fourth-order valence-corrected chi connectivity index (χ4v) is 6.43. The Labute approximate surface area is 174 Å². The smallest absolute Gasteiger partial charge is 0.262 e. The lowest BCUT2D eigenvalue weighted by molar-refractivity contribution is -0.136. The van der Waals surface area contributed by atoms with Crippen molar-refractivity contribution < 1.29 is 19.2 Å². The molecule has 4 amide bonds. The quantitative estimate of drug-likeness (QED) is 0.697. The van der Waals surface area contributed by atoms with Gasteiger partial charge >= 0.3 is 0 Å². The Morgan fingerprint density at radius 3 is 2.33 bits per heavy atom. The largest absolute Gasteiger partial charge is 0.315 e. The molecule has 1 saturated carbocycles. The van der Waals surface area contributed by atoms with Crippen molar-refractivity contribution in [1.29, 1.82) is 0 Å². The molecule has 4 fully saturated rings. The van der Waals surface area contributed by atoms with Crippen LogP contribution in [0.4, 0.5) is 0 Å². The van der Waals surface area contributed by atoms with E-state index >= 15 is 0 Å². The Balaban J connectivity index is 1.22. The molecule has 0 bridgehead atoms. The van der Waals surface area contributed by atoms with E-state index < -0.39 is 23.8 Å². The highest BCUT2D eigenvalue weighted by Gasteiger charge is 2.65. The van der Waals surface area contributed by atoms with Crippen LogP contribution in [0, 0.1) is 10.8 Å². The molecule has 8 nitrogen and oxygen atoms in total. The SMILES string of the molecule is O=C1CCC(N2C(=O)c3ccc(CN4CC56CCC5(CNC6)C4)cc3C2=O)C(=O)N1. The van der Waals surface area contributed by atoms with Crippen LogP contribution < -0.4 is 10.6 Å². The molecule has 8 heteroatoms. The lowest BCUT2D eigenvalue weighted by Gasteiger charge is -2.49. The summed E-state index contributed by atoms with van der Waals surface area (Å²) in [6.45, 7) is 5.11. The van der Waals surface area contributed by atoms with Crippen LogP contribution in [0.1, 0.15) is 52.0 Å². The molecule has 0 spiro atoms. The molecule has 4 heterocycles. The van der Waals surface area contributed by atoms with E-state index in [9.17, 15) is 19.2 Å². The van der Waals surface area contributed by atoms with Gasteiger partial charge in [-0.1, -0.05) is 6.07 Å². The van der Waals surface area contributed by atoms with Crippen molar-refractivity contribution in [3.63, 3.8) is 0 Å². The molecule has 156 valence electrons. The second kappa shape index (κ2) is 5.98. The molecule has 6 rings (SSSR count). The predicted molar refractivity (Wildman–Crippen MR) is 105 cm³/mol. The van der Waals surface area contributed by atoms with Crippen LogP contribution in [0.5, 0.6) is 0 Å². The van der Waals surface area contributed by atoms with Gasteiger partial charge in [0.05, 0.1) is 11.1 Å². The molecule has 3 unspecified atom stereocenters. The third kappa shape index (κ3) is 2.29. The molecule has 2 N–H and O–H groups in total. The Morgan fingerprint density at radius 1 is 0.967 bits per heavy atom. The Bertz CT molecular complexity index is 1000. The highest BCUT2D eigenvalue weighted by atomic mass is 16.2. The van der Waals surface area contributed by atoms with Crippen molar-refractivity contribution in [2.24, 2.45) is 10.8 Å². The molecule has 3 saturated heterocycles. The van der Waals surface area contributed by atoms with E-state index in [0.717, 1.165) is 43.2 Å². The maximum absolute atomic E-state index is 13.0. The topological polar surface area (TPSA) is 98.8 Å². The van der Waals surface area contributed by atoms with E-state index in [1.807, 2.05) is 12.1 Å². The summed E-state index contributed by atoms with van der Waals surface area (Å²) in [6, 6.07) is 4.52. The van der Waals surface area contributed by atoms with Gasteiger partial charge in [-0.15, -0.1) is 0 Å². The summed E-state index contributed by atoms with van der Waals surface area (Å²) in [5.41, 5.74) is 2.55. The van der Waals surface area contributed by atoms with Gasteiger partial charge in [-0.3, -0.25) is 34.3 Å². The van der Waals surface area contributed by atoms with Crippen molar-refractivity contribution in [1.82, 2.24) is 20.4 Å². The number of piperidine rings is 1. The number of likely N-dealkylation sites (tertiary alicyclic amines) is 1. The fraction of sp³-hybridized carbons (Fsp3) is 0.545. The lowest BCUT2D eigenvalue weighted by Crippen LogP contribution is -2.54. The van der Waals surface area contributed by atoms with Gasteiger partial charge in [0.1, 0.15) is 6.04 Å². The maximum Gasteiger partial charge on any atom is 0.262 e. The second-order valence-corrected chi connectivity index (χ2v) is 9.64. The number of benzene rings is 1. The summed E-state index contributed by atoms with van der Waals surface area (Å²) in [5.74, 6) is -1.83. The van der Waals surface area contributed by atoms with Crippen LogP contribution in [0.3, 0.4) is 0 Å². The predicted octanol–water partition coefficient (Wildman–Crippen LogP) is 0.273. The molecule has 3 atom stereocenters. The number of nitrogens with one attached hydrogen (secondary N) is 2. The number of nitrogens with zero attached hydrogens (tertiary/aromatic N) is 2. The molecule has 1 aromatic carbocycles. The average Bonchev–Trinajstić information content (AvgIpc) is 3.15. The number of carbonyl (C=O) groups is 4. The number of carbonyl (C=O) groups excluding carboxylic acids is 4. The van der Waals surface area contributed by atoms with Crippen molar-refractivity contribution in [3.05, 3.63) is 34.9 Å². The van der Waals surface area contributed by atoms with Crippen molar-refractivity contribution in [2.75, 3.05) is 26.2 Å². The van der Waals surface area contributed by atoms with Crippen molar-refractivity contribution in [3.8, 4) is 0 Å². The number of imide groups is 2. The van der Waals surface area contributed by atoms with Gasteiger partial charge in [-0.25, -0.2) is 0 Å². The third-order valence-electron chi connectivity index (χ3n) is 8.10. The standard InChI is InChI=1S/C22H24N4O4/c27-17-4-3-16(18(28)24-17)26-19(29)14-2-1-13(7-15(14)20(26)30)8-25-11-21-5-6-22(21,12-25)10-23-9-21/h1-2,7,16,23H,3-6,8-12H2,(H,24,27,28). The van der Waals surface area contributed by atoms with Crippen molar-refractivity contribution in [2.45, 2.75) is 38.3 Å². The number of fused-ring (bicyclic) bond motifs is 1. The number of rotatable bonds is 3. The van der Waals surface area contributed by atoms with Crippen LogP contribution in [0.25, 0.3) is 0 Å². The summed E-state index contributed by atoms with van der Waals surface area (Å²) in [6.07, 6.45) is 2.88. The normalized spacial score (nSPS) is 35.2. The van der Waals surface area contributed by atoms with Gasteiger partial charge in [0, 0.05) is 50.0 Å². The van der Waals surface area contributed by atoms with Gasteiger partial charge in [0.15, 0.2) is 0 Å². The van der Waals surface area contributed by atoms with Crippen LogP contribution in [0.15, 0.2) is 18.2 Å². The first kappa shape index (κ1) is 18.2. The highest BCUT2D eigenvalue weighted by molar-refractivity contribution is 6.23. The first-order chi connectivity index (χ1) is 14.4. The zero-order valence-electron chi connectivity index (χ0n) is 16.7. The van der Waals surface area contributed by atoms with Gasteiger partial charge < -0.3 is 5.32 Å². The van der Waals surface area contributed by atoms with Gasteiger partial charge in [-0.2, -0.15) is 0 Å². The molecular weight excluding hydrogens is 384 g/mol. The summed E-state index contributed by atoms with van der Waals surface area (Å²) in [4.78, 5) is 53.0. The van der Waals surface area contributed by atoms with E-state index in [-0.39, 0.29) is 18.7 Å². The van der Waals surface area contributed by atoms with Gasteiger partial charge in [-0.05, 0) is 37.0 Å². The van der Waals surface area contributed by atoms with Crippen molar-refractivity contribution >= 4 is 23.6 Å². The third-order valence-corrected chi connectivity index (χ3v) is 8.10. The number of hydrogen-bond acceptors (Lipinski definition) is 6. The molecule has 1 aromatic rings. The molecular formula is C22H24N4O4. The highest BCUT2D eigenvalue weighted by Crippen LogP contribution is 2.63. The Kier molecular flexibility index (Phi) is 3.63. The average molecular weight is 408 g/mol. The van der Waals surface area contributed by atoms with Crippen LogP contribution in [-0.2, 0) is 16.1 Å². The molecule has 1 aliphatic carbocycles. The number of amides is 4. The van der Waals surface area contributed by atoms with E-state index in [4.69, 9.17) is 0 Å². The minimum atomic E-state index is -0.919. The molecule has 5 aliphatic rings. The summed E-state index contributed by atoms with van der Waals surface area (Å²) >= 11 is 0. The second-order valence-electron chi connectivity index (χ2n) is 9.64. The summed E-state index contributed by atoms with van der Waals surface area (Å²) in [5, 5.41) is 5.80. The zero-order valence-corrected chi connectivity index (χ0v) is 16.7. The van der Waals surface area contributed by atoms with Crippen LogP contribution in [-0.4, -0.2) is 65.6 Å². The van der Waals surface area contributed by atoms with Gasteiger partial charge in [0.2, 0.25) is 11.8 Å². The molecule has 0 radical (unpaired) electrons. The van der Waals surface area contributed by atoms with Crippen LogP contribution in [0.2, 0.25) is 0 Å². The minimum absolute atomic E-state index is 0.127. The van der Waals surface area contributed by atoms with E-state index in [1.165, 1.54) is 12.8 Å². The first-order valence-corrected chi connectivity index (χ1v) is 10.7. The Hall–Kier alpha value is -2.58. The van der Waals surface area contributed by atoms with E-state index in [2.05, 4.69) is 15.5 Å². The summed E-state index contributed by atoms with van der Waals surface area (Å²) in [7, 11) is 0. The lowest BCUT2D eigenvalue weighted by atomic mass is 9.53. The zero-order chi connectivity index (χ0) is 20.7. The van der Waals surface area contributed by atoms with Gasteiger partial charge in [0.25, 0.3) is 11.8 Å². The molecule has 30 heavy (non-hydrogen) atoms. The maximum atomic E-state index is 13.0.